The lowest BCUT2D eigenvalue weighted by atomic mass is 9.85. The first-order valence-corrected chi connectivity index (χ1v) is 8.78. The number of amides is 1. The van der Waals surface area contributed by atoms with Crippen LogP contribution >= 0.6 is 0 Å². The largest absolute Gasteiger partial charge is 0.445 e. The number of aryl methyl sites for hydroxylation is 1. The van der Waals surface area contributed by atoms with Gasteiger partial charge in [-0.2, -0.15) is 0 Å². The van der Waals surface area contributed by atoms with E-state index in [0.717, 1.165) is 11.1 Å². The Morgan fingerprint density at radius 3 is 2.32 bits per heavy atom. The molecule has 0 aliphatic carbocycles. The van der Waals surface area contributed by atoms with Crippen LogP contribution in [0.2, 0.25) is 0 Å². The summed E-state index contributed by atoms with van der Waals surface area (Å²) in [5.41, 5.74) is 2.58. The van der Waals surface area contributed by atoms with Gasteiger partial charge in [0.1, 0.15) is 6.61 Å². The van der Waals surface area contributed by atoms with E-state index in [1.165, 1.54) is 5.56 Å². The molecule has 0 unspecified atom stereocenters. The van der Waals surface area contributed by atoms with Crippen molar-refractivity contribution in [1.82, 2.24) is 4.90 Å². The van der Waals surface area contributed by atoms with Crippen LogP contribution in [0, 0.1) is 6.92 Å². The summed E-state index contributed by atoms with van der Waals surface area (Å²) in [4.78, 5) is 13.9. The molecular formula is C21H25NO3. The molecule has 1 fully saturated rings. The number of aliphatic hydroxyl groups is 1. The number of likely N-dealkylation sites (tertiary alicyclic amines) is 1. The molecule has 0 saturated carbocycles. The van der Waals surface area contributed by atoms with Crippen molar-refractivity contribution >= 4 is 6.09 Å². The number of benzene rings is 2. The van der Waals surface area contributed by atoms with Crippen LogP contribution in [-0.4, -0.2) is 34.8 Å². The Morgan fingerprint density at radius 2 is 1.68 bits per heavy atom. The molecule has 132 valence electrons. The molecule has 0 spiro atoms. The molecule has 4 heteroatoms. The van der Waals surface area contributed by atoms with Crippen molar-refractivity contribution in [2.45, 2.75) is 38.4 Å². The normalized spacial score (nSPS) is 16.5. The number of ether oxygens (including phenoxy) is 1. The second-order valence-electron chi connectivity index (χ2n) is 6.91. The van der Waals surface area contributed by atoms with Gasteiger partial charge in [-0.3, -0.25) is 0 Å². The van der Waals surface area contributed by atoms with E-state index in [2.05, 4.69) is 31.2 Å². The van der Waals surface area contributed by atoms with Crippen LogP contribution in [0.1, 0.15) is 29.5 Å². The van der Waals surface area contributed by atoms with E-state index in [9.17, 15) is 9.90 Å². The quantitative estimate of drug-likeness (QED) is 0.924. The van der Waals surface area contributed by atoms with Gasteiger partial charge in [-0.25, -0.2) is 4.79 Å². The van der Waals surface area contributed by atoms with E-state index in [1.54, 1.807) is 4.90 Å². The van der Waals surface area contributed by atoms with Crippen molar-refractivity contribution in [2.75, 3.05) is 13.1 Å². The highest BCUT2D eigenvalue weighted by molar-refractivity contribution is 5.67. The van der Waals surface area contributed by atoms with Crippen molar-refractivity contribution < 1.29 is 14.6 Å². The molecule has 25 heavy (non-hydrogen) atoms. The van der Waals surface area contributed by atoms with E-state index in [4.69, 9.17) is 4.74 Å². The fourth-order valence-corrected chi connectivity index (χ4v) is 3.18. The predicted molar refractivity (Wildman–Crippen MR) is 97.3 cm³/mol. The third-order valence-electron chi connectivity index (χ3n) is 4.81. The molecule has 3 rings (SSSR count). The number of nitrogens with zero attached hydrogens (tertiary/aromatic N) is 1. The first-order chi connectivity index (χ1) is 12.0. The predicted octanol–water partition coefficient (Wildman–Crippen LogP) is 3.70. The average molecular weight is 339 g/mol. The smallest absolute Gasteiger partial charge is 0.410 e. The van der Waals surface area contributed by atoms with E-state index in [0.29, 0.717) is 32.4 Å². The Bertz CT molecular complexity index is 689. The monoisotopic (exact) mass is 339 g/mol. The molecule has 0 atom stereocenters. The van der Waals surface area contributed by atoms with Crippen LogP contribution in [0.4, 0.5) is 4.79 Å². The van der Waals surface area contributed by atoms with Crippen LogP contribution in [0.5, 0.6) is 0 Å². The molecule has 2 aromatic carbocycles. The Balaban J connectivity index is 1.48. The fraction of sp³-hybridized carbons (Fsp3) is 0.381. The zero-order valence-corrected chi connectivity index (χ0v) is 14.6. The molecule has 0 aromatic heterocycles. The van der Waals surface area contributed by atoms with Gasteiger partial charge in [0.15, 0.2) is 0 Å². The maximum atomic E-state index is 12.2. The summed E-state index contributed by atoms with van der Waals surface area (Å²) >= 11 is 0. The van der Waals surface area contributed by atoms with Gasteiger partial charge in [0.25, 0.3) is 0 Å². The number of piperidine rings is 1. The summed E-state index contributed by atoms with van der Waals surface area (Å²) in [6.45, 7) is 3.38. The maximum Gasteiger partial charge on any atom is 0.410 e. The van der Waals surface area contributed by atoms with E-state index in [1.807, 2.05) is 30.3 Å². The molecule has 1 amide bonds. The molecule has 1 aliphatic heterocycles. The van der Waals surface area contributed by atoms with Crippen molar-refractivity contribution in [2.24, 2.45) is 0 Å². The Hall–Kier alpha value is -2.33. The lowest BCUT2D eigenvalue weighted by molar-refractivity contribution is -0.0206. The van der Waals surface area contributed by atoms with E-state index >= 15 is 0 Å². The van der Waals surface area contributed by atoms with Gasteiger partial charge < -0.3 is 14.7 Å². The summed E-state index contributed by atoms with van der Waals surface area (Å²) in [6, 6.07) is 17.9. The van der Waals surface area contributed by atoms with Gasteiger partial charge in [-0.1, -0.05) is 60.2 Å². The Labute approximate surface area is 149 Å². The molecular weight excluding hydrogens is 314 g/mol. The highest BCUT2D eigenvalue weighted by atomic mass is 16.6. The summed E-state index contributed by atoms with van der Waals surface area (Å²) in [5.74, 6) is 0. The Morgan fingerprint density at radius 1 is 1.04 bits per heavy atom. The SMILES string of the molecule is Cc1ccc(CC2(O)CCN(C(=O)OCc3ccccc3)CC2)cc1. The first-order valence-electron chi connectivity index (χ1n) is 8.78. The van der Waals surface area contributed by atoms with Gasteiger partial charge in [0.2, 0.25) is 0 Å². The van der Waals surface area contributed by atoms with Crippen molar-refractivity contribution in [3.63, 3.8) is 0 Å². The standard InChI is InChI=1S/C21H25NO3/c1-17-7-9-18(10-8-17)15-21(24)11-13-22(14-12-21)20(23)25-16-19-5-3-2-4-6-19/h2-10,24H,11-16H2,1H3. The minimum atomic E-state index is -0.745. The number of carbonyl (C=O) groups is 1. The number of hydrogen-bond acceptors (Lipinski definition) is 3. The van der Waals surface area contributed by atoms with Crippen LogP contribution in [-0.2, 0) is 17.8 Å². The fourth-order valence-electron chi connectivity index (χ4n) is 3.18. The van der Waals surface area contributed by atoms with Gasteiger partial charge in [-0.15, -0.1) is 0 Å². The molecule has 0 bridgehead atoms. The van der Waals surface area contributed by atoms with Crippen LogP contribution < -0.4 is 0 Å². The number of carbonyl (C=O) groups excluding carboxylic acids is 1. The summed E-state index contributed by atoms with van der Waals surface area (Å²) < 4.78 is 5.37. The second-order valence-corrected chi connectivity index (χ2v) is 6.91. The maximum absolute atomic E-state index is 12.2. The van der Waals surface area contributed by atoms with Crippen LogP contribution in [0.15, 0.2) is 54.6 Å². The van der Waals surface area contributed by atoms with Crippen LogP contribution in [0.3, 0.4) is 0 Å². The Kier molecular flexibility index (Phi) is 5.39. The topological polar surface area (TPSA) is 49.8 Å². The third kappa shape index (κ3) is 4.83. The van der Waals surface area contributed by atoms with E-state index in [-0.39, 0.29) is 12.7 Å². The lowest BCUT2D eigenvalue weighted by Gasteiger charge is -2.37. The summed E-state index contributed by atoms with van der Waals surface area (Å²) in [5, 5.41) is 10.8. The molecule has 1 aliphatic rings. The minimum absolute atomic E-state index is 0.282. The van der Waals surface area contributed by atoms with Gasteiger partial charge in [0.05, 0.1) is 5.60 Å². The van der Waals surface area contributed by atoms with E-state index < -0.39 is 5.60 Å². The molecule has 4 nitrogen and oxygen atoms in total. The summed E-state index contributed by atoms with van der Waals surface area (Å²) in [6.07, 6.45) is 1.46. The molecule has 1 N–H and O–H groups in total. The molecule has 1 saturated heterocycles. The number of hydrogen-bond donors (Lipinski definition) is 1. The van der Waals surface area contributed by atoms with Crippen molar-refractivity contribution in [3.05, 3.63) is 71.3 Å². The molecule has 1 heterocycles. The third-order valence-corrected chi connectivity index (χ3v) is 4.81. The minimum Gasteiger partial charge on any atom is -0.445 e. The highest BCUT2D eigenvalue weighted by Gasteiger charge is 2.34. The van der Waals surface area contributed by atoms with Crippen molar-refractivity contribution in [1.29, 1.82) is 0 Å². The average Bonchev–Trinajstić information content (AvgIpc) is 2.63. The van der Waals surface area contributed by atoms with Crippen LogP contribution in [0.25, 0.3) is 0 Å². The zero-order chi connectivity index (χ0) is 17.7. The van der Waals surface area contributed by atoms with Gasteiger partial charge in [0, 0.05) is 19.5 Å². The second kappa shape index (κ2) is 7.70. The van der Waals surface area contributed by atoms with Gasteiger partial charge in [-0.05, 0) is 30.9 Å². The van der Waals surface area contributed by atoms with Crippen molar-refractivity contribution in [3.8, 4) is 0 Å². The molecule has 2 aromatic rings. The molecule has 0 radical (unpaired) electrons. The summed E-state index contributed by atoms with van der Waals surface area (Å²) in [7, 11) is 0. The zero-order valence-electron chi connectivity index (χ0n) is 14.6. The lowest BCUT2D eigenvalue weighted by Crippen LogP contribution is -2.47. The highest BCUT2D eigenvalue weighted by Crippen LogP contribution is 2.27. The van der Waals surface area contributed by atoms with Gasteiger partial charge >= 0.3 is 6.09 Å². The number of rotatable bonds is 4. The first kappa shape index (κ1) is 17.5.